The molecule has 2 aromatic heterocycles. The number of rotatable bonds is 8. The number of benzene rings is 1. The van der Waals surface area contributed by atoms with Gasteiger partial charge in [-0.2, -0.15) is 0 Å². The second-order valence-electron chi connectivity index (χ2n) is 8.73. The molecule has 1 fully saturated rings. The van der Waals surface area contributed by atoms with Crippen molar-refractivity contribution in [3.05, 3.63) is 60.3 Å². The normalized spacial score (nSPS) is 17.6. The fourth-order valence-electron chi connectivity index (χ4n) is 4.21. The molecular formula is C26H31FN6O3. The molecule has 9 nitrogen and oxygen atoms in total. The smallest absolute Gasteiger partial charge is 0.276 e. The van der Waals surface area contributed by atoms with Crippen molar-refractivity contribution in [2.75, 3.05) is 42.8 Å². The summed E-state index contributed by atoms with van der Waals surface area (Å²) in [5, 5.41) is 2.86. The zero-order valence-electron chi connectivity index (χ0n) is 20.4. The number of pyridine rings is 2. The van der Waals surface area contributed by atoms with E-state index in [4.69, 9.17) is 20.9 Å². The van der Waals surface area contributed by atoms with Gasteiger partial charge in [-0.1, -0.05) is 6.92 Å². The summed E-state index contributed by atoms with van der Waals surface area (Å²) in [6, 6.07) is 9.29. The van der Waals surface area contributed by atoms with Gasteiger partial charge in [0.15, 0.2) is 5.69 Å². The highest BCUT2D eigenvalue weighted by Gasteiger charge is 2.27. The van der Waals surface area contributed by atoms with Gasteiger partial charge in [-0.25, -0.2) is 9.37 Å². The van der Waals surface area contributed by atoms with Gasteiger partial charge in [0.2, 0.25) is 0 Å². The van der Waals surface area contributed by atoms with E-state index in [0.29, 0.717) is 31.1 Å². The molecule has 3 aromatic rings. The molecule has 1 saturated heterocycles. The topological polar surface area (TPSA) is 129 Å². The van der Waals surface area contributed by atoms with E-state index in [1.165, 1.54) is 12.1 Å². The summed E-state index contributed by atoms with van der Waals surface area (Å²) < 4.78 is 25.8. The van der Waals surface area contributed by atoms with Crippen LogP contribution in [0.25, 0.3) is 11.3 Å². The van der Waals surface area contributed by atoms with Gasteiger partial charge in [0, 0.05) is 38.0 Å². The van der Waals surface area contributed by atoms with E-state index in [0.717, 1.165) is 18.5 Å². The molecule has 0 aliphatic carbocycles. The van der Waals surface area contributed by atoms with Crippen molar-refractivity contribution in [3.63, 3.8) is 0 Å². The maximum atomic E-state index is 14.6. The summed E-state index contributed by atoms with van der Waals surface area (Å²) in [6.07, 6.45) is 4.77. The summed E-state index contributed by atoms with van der Waals surface area (Å²) >= 11 is 0. The van der Waals surface area contributed by atoms with Crippen molar-refractivity contribution < 1.29 is 18.7 Å². The van der Waals surface area contributed by atoms with Crippen LogP contribution in [0.3, 0.4) is 0 Å². The largest absolute Gasteiger partial charge is 0.494 e. The van der Waals surface area contributed by atoms with Crippen LogP contribution in [0.4, 0.5) is 21.5 Å². The number of amides is 1. The average Bonchev–Trinajstić information content (AvgIpc) is 2.88. The molecule has 0 spiro atoms. The number of piperidine rings is 1. The molecule has 0 bridgehead atoms. The first-order chi connectivity index (χ1) is 17.4. The number of nitrogens with two attached hydrogens (primary N) is 2. The number of anilines is 3. The summed E-state index contributed by atoms with van der Waals surface area (Å²) in [4.78, 5) is 23.9. The molecule has 1 aliphatic heterocycles. The van der Waals surface area contributed by atoms with Crippen molar-refractivity contribution in [1.82, 2.24) is 9.97 Å². The third kappa shape index (κ3) is 5.72. The maximum Gasteiger partial charge on any atom is 0.276 e. The van der Waals surface area contributed by atoms with Gasteiger partial charge in [0.25, 0.3) is 5.91 Å². The zero-order chi connectivity index (χ0) is 25.7. The highest BCUT2D eigenvalue weighted by molar-refractivity contribution is 6.08. The number of hydrogen-bond acceptors (Lipinski definition) is 8. The lowest BCUT2D eigenvalue weighted by Crippen LogP contribution is -2.50. The Bertz CT molecular complexity index is 1220. The summed E-state index contributed by atoms with van der Waals surface area (Å²) in [5.41, 5.74) is 14.2. The molecule has 1 amide bonds. The first-order valence-corrected chi connectivity index (χ1v) is 11.9. The van der Waals surface area contributed by atoms with Crippen LogP contribution >= 0.6 is 0 Å². The molecule has 36 heavy (non-hydrogen) atoms. The van der Waals surface area contributed by atoms with Gasteiger partial charge in [-0.3, -0.25) is 9.78 Å². The number of carbonyl (C=O) groups is 1. The molecular weight excluding hydrogens is 463 g/mol. The van der Waals surface area contributed by atoms with Crippen molar-refractivity contribution in [1.29, 1.82) is 0 Å². The van der Waals surface area contributed by atoms with E-state index in [1.807, 2.05) is 13.0 Å². The first kappa shape index (κ1) is 25.3. The van der Waals surface area contributed by atoms with Crippen molar-refractivity contribution in [2.24, 2.45) is 5.73 Å². The number of ether oxygens (including phenoxy) is 2. The SMILES string of the molecule is CCCOc1ccc(F)c(-c2ccc(N)c(C(=O)Nc3cnccc3N3CC(N)CC(OC)C3)n2)c1. The average molecular weight is 495 g/mol. The third-order valence-corrected chi connectivity index (χ3v) is 5.99. The Morgan fingerprint density at radius 2 is 2.08 bits per heavy atom. The number of nitrogens with one attached hydrogen (secondary N) is 1. The Kier molecular flexibility index (Phi) is 7.97. The van der Waals surface area contributed by atoms with Gasteiger partial charge >= 0.3 is 0 Å². The summed E-state index contributed by atoms with van der Waals surface area (Å²) in [7, 11) is 1.66. The van der Waals surface area contributed by atoms with E-state index in [1.54, 1.807) is 37.7 Å². The molecule has 1 aromatic carbocycles. The van der Waals surface area contributed by atoms with Crippen molar-refractivity contribution >= 4 is 23.0 Å². The lowest BCUT2D eigenvalue weighted by molar-refractivity contribution is 0.0836. The second-order valence-corrected chi connectivity index (χ2v) is 8.73. The predicted octanol–water partition coefficient (Wildman–Crippen LogP) is 3.46. The third-order valence-electron chi connectivity index (χ3n) is 5.99. The van der Waals surface area contributed by atoms with E-state index in [2.05, 4.69) is 20.2 Å². The monoisotopic (exact) mass is 494 g/mol. The lowest BCUT2D eigenvalue weighted by Gasteiger charge is -2.37. The molecule has 4 rings (SSSR count). The molecule has 190 valence electrons. The van der Waals surface area contributed by atoms with E-state index >= 15 is 0 Å². The van der Waals surface area contributed by atoms with Gasteiger partial charge in [-0.15, -0.1) is 0 Å². The minimum atomic E-state index is -0.535. The number of nitrogen functional groups attached to an aromatic ring is 1. The van der Waals surface area contributed by atoms with Crippen LogP contribution in [0, 0.1) is 5.82 Å². The number of carbonyl (C=O) groups excluding carboxylic acids is 1. The van der Waals surface area contributed by atoms with Gasteiger partial charge < -0.3 is 31.2 Å². The second kappa shape index (κ2) is 11.3. The first-order valence-electron chi connectivity index (χ1n) is 11.9. The number of hydrogen-bond donors (Lipinski definition) is 3. The summed E-state index contributed by atoms with van der Waals surface area (Å²) in [6.45, 7) is 3.73. The Labute approximate surface area is 209 Å². The van der Waals surface area contributed by atoms with Crippen LogP contribution in [0.2, 0.25) is 0 Å². The van der Waals surface area contributed by atoms with Crippen LogP contribution < -0.4 is 26.4 Å². The van der Waals surface area contributed by atoms with Crippen molar-refractivity contribution in [3.8, 4) is 17.0 Å². The minimum Gasteiger partial charge on any atom is -0.494 e. The number of nitrogens with zero attached hydrogens (tertiary/aromatic N) is 3. The summed E-state index contributed by atoms with van der Waals surface area (Å²) in [5.74, 6) is -0.495. The Balaban J connectivity index is 1.61. The van der Waals surface area contributed by atoms with E-state index in [9.17, 15) is 9.18 Å². The fourth-order valence-corrected chi connectivity index (χ4v) is 4.21. The molecule has 5 N–H and O–H groups in total. The Morgan fingerprint density at radius 1 is 1.25 bits per heavy atom. The highest BCUT2D eigenvalue weighted by Crippen LogP contribution is 2.30. The standard InChI is InChI=1S/C26H31FN6O3/c1-3-10-36-17-4-5-20(27)19(12-17)22-7-6-21(29)25(31-22)26(34)32-23-13-30-9-8-24(23)33-14-16(28)11-18(15-33)35-2/h4-9,12-13,16,18H,3,10-11,14-15,28-29H2,1-2H3,(H,32,34). The lowest BCUT2D eigenvalue weighted by atomic mass is 10.0. The number of halogens is 1. The fraction of sp³-hybridized carbons (Fsp3) is 0.346. The zero-order valence-corrected chi connectivity index (χ0v) is 20.4. The molecule has 0 radical (unpaired) electrons. The maximum absolute atomic E-state index is 14.6. The van der Waals surface area contributed by atoms with Crippen LogP contribution in [0.1, 0.15) is 30.3 Å². The van der Waals surface area contributed by atoms with Crippen LogP contribution in [0.5, 0.6) is 5.75 Å². The van der Waals surface area contributed by atoms with Gasteiger partial charge in [0.1, 0.15) is 11.6 Å². The quantitative estimate of drug-likeness (QED) is 0.434. The molecule has 0 saturated carbocycles. The molecule has 2 unspecified atom stereocenters. The van der Waals surface area contributed by atoms with Crippen LogP contribution in [0.15, 0.2) is 48.8 Å². The van der Waals surface area contributed by atoms with Crippen LogP contribution in [-0.2, 0) is 4.74 Å². The molecule has 2 atom stereocenters. The minimum absolute atomic E-state index is 0.0216. The Hall–Kier alpha value is -3.76. The molecule has 10 heteroatoms. The predicted molar refractivity (Wildman–Crippen MR) is 138 cm³/mol. The van der Waals surface area contributed by atoms with Crippen LogP contribution in [-0.4, -0.2) is 54.8 Å². The molecule has 1 aliphatic rings. The van der Waals surface area contributed by atoms with E-state index in [-0.39, 0.29) is 34.8 Å². The van der Waals surface area contributed by atoms with E-state index < -0.39 is 11.7 Å². The Morgan fingerprint density at radius 3 is 2.86 bits per heavy atom. The van der Waals surface area contributed by atoms with Gasteiger partial charge in [0.05, 0.1) is 41.7 Å². The number of aromatic nitrogens is 2. The van der Waals surface area contributed by atoms with Gasteiger partial charge in [-0.05, 0) is 49.2 Å². The van der Waals surface area contributed by atoms with Crippen molar-refractivity contribution in [2.45, 2.75) is 31.9 Å². The number of methoxy groups -OCH3 is 1. The molecule has 3 heterocycles. The highest BCUT2D eigenvalue weighted by atomic mass is 19.1.